The highest BCUT2D eigenvalue weighted by molar-refractivity contribution is 5.87. The second-order valence-electron chi connectivity index (χ2n) is 14.7. The number of rotatable bonds is 13. The maximum atomic E-state index is 13.7. The summed E-state index contributed by atoms with van der Waals surface area (Å²) in [5.41, 5.74) is 6.32. The molecule has 7 rings (SSSR count). The van der Waals surface area contributed by atoms with Gasteiger partial charge in [-0.3, -0.25) is 9.59 Å². The Kier molecular flexibility index (Phi) is 11.9. The number of imidazole rings is 3. The van der Waals surface area contributed by atoms with Crippen molar-refractivity contribution < 1.29 is 33.8 Å². The summed E-state index contributed by atoms with van der Waals surface area (Å²) in [5.74, 6) is 0.785. The summed E-state index contributed by atoms with van der Waals surface area (Å²) in [6.07, 6.45) is 7.48. The van der Waals surface area contributed by atoms with E-state index in [0.717, 1.165) is 58.6 Å². The van der Waals surface area contributed by atoms with Crippen LogP contribution in [0.5, 0.6) is 0 Å². The summed E-state index contributed by atoms with van der Waals surface area (Å²) in [6, 6.07) is 13.8. The van der Waals surface area contributed by atoms with Crippen LogP contribution in [-0.2, 0) is 32.5 Å². The molecule has 5 heterocycles. The summed E-state index contributed by atoms with van der Waals surface area (Å²) in [5, 5.41) is 14.5. The summed E-state index contributed by atoms with van der Waals surface area (Å²) in [4.78, 5) is 74.7. The van der Waals surface area contributed by atoms with Crippen LogP contribution < -0.4 is 10.6 Å². The number of H-pyrrole nitrogens is 2. The average molecular weight is 793 g/mol. The number of nitrogens with zero attached hydrogens (tertiary/aromatic N) is 6. The normalized spacial score (nSPS) is 18.1. The Morgan fingerprint density at radius 3 is 1.78 bits per heavy atom. The van der Waals surface area contributed by atoms with Crippen molar-refractivity contribution >= 4 is 24.0 Å². The van der Waals surface area contributed by atoms with Crippen molar-refractivity contribution in [3.8, 4) is 33.6 Å². The first-order valence-corrected chi connectivity index (χ1v) is 19.3. The van der Waals surface area contributed by atoms with Crippen molar-refractivity contribution in [3.05, 3.63) is 90.8 Å². The Labute approximate surface area is 335 Å². The summed E-state index contributed by atoms with van der Waals surface area (Å²) in [7, 11) is 4.55. The van der Waals surface area contributed by atoms with E-state index in [1.807, 2.05) is 55.6 Å². The molecular weight excluding hydrogens is 745 g/mol. The predicted molar refractivity (Wildman–Crippen MR) is 212 cm³/mol. The number of carbonyl (C=O) groups is 4. The van der Waals surface area contributed by atoms with Crippen LogP contribution in [0.25, 0.3) is 33.6 Å². The third kappa shape index (κ3) is 8.44. The largest absolute Gasteiger partial charge is 0.465 e. The quantitative estimate of drug-likeness (QED) is 0.110. The smallest absolute Gasteiger partial charge is 0.407 e. The number of methoxy groups -OCH3 is 2. The van der Waals surface area contributed by atoms with Crippen LogP contribution in [0.3, 0.4) is 0 Å². The number of benzene rings is 2. The maximum Gasteiger partial charge on any atom is 0.407 e. The zero-order chi connectivity index (χ0) is 40.9. The van der Waals surface area contributed by atoms with E-state index in [1.54, 1.807) is 46.2 Å². The molecule has 0 radical (unpaired) electrons. The Morgan fingerprint density at radius 1 is 0.793 bits per heavy atom. The first kappa shape index (κ1) is 39.7. The highest BCUT2D eigenvalue weighted by Crippen LogP contribution is 2.35. The minimum atomic E-state index is -1.26. The van der Waals surface area contributed by atoms with E-state index in [9.17, 15) is 24.3 Å². The summed E-state index contributed by atoms with van der Waals surface area (Å²) in [6.45, 7) is 2.77. The molecular formula is C41H48N10O7. The lowest BCUT2D eigenvalue weighted by Crippen LogP contribution is -2.54. The first-order chi connectivity index (χ1) is 28.0. The monoisotopic (exact) mass is 792 g/mol. The van der Waals surface area contributed by atoms with E-state index >= 15 is 0 Å². The third-order valence-corrected chi connectivity index (χ3v) is 11.1. The molecule has 5 aromatic rings. The van der Waals surface area contributed by atoms with E-state index in [2.05, 4.69) is 35.6 Å². The number of hydrogen-bond acceptors (Lipinski definition) is 9. The van der Waals surface area contributed by atoms with Crippen molar-refractivity contribution in [2.75, 3.05) is 27.3 Å². The van der Waals surface area contributed by atoms with Gasteiger partial charge in [0.2, 0.25) is 11.8 Å². The molecule has 5 atom stereocenters. The van der Waals surface area contributed by atoms with Crippen LogP contribution in [0.15, 0.2) is 73.4 Å². The molecule has 2 fully saturated rings. The molecule has 0 bridgehead atoms. The molecule has 17 nitrogen and oxygen atoms in total. The molecule has 2 aromatic carbocycles. The molecule has 0 spiro atoms. The van der Waals surface area contributed by atoms with Crippen molar-refractivity contribution in [2.24, 2.45) is 7.05 Å². The van der Waals surface area contributed by atoms with Gasteiger partial charge < -0.3 is 49.5 Å². The Morgan fingerprint density at radius 2 is 1.31 bits per heavy atom. The molecule has 4 amide bonds. The number of hydrogen-bond donors (Lipinski definition) is 5. The zero-order valence-electron chi connectivity index (χ0n) is 32.8. The van der Waals surface area contributed by atoms with Crippen molar-refractivity contribution in [2.45, 2.75) is 69.3 Å². The molecule has 2 aliphatic rings. The summed E-state index contributed by atoms with van der Waals surface area (Å²) >= 11 is 0. The Balaban J connectivity index is 1.00. The van der Waals surface area contributed by atoms with Gasteiger partial charge in [0.15, 0.2) is 0 Å². The van der Waals surface area contributed by atoms with Gasteiger partial charge in [-0.25, -0.2) is 24.5 Å². The van der Waals surface area contributed by atoms with E-state index < -0.39 is 30.4 Å². The maximum absolute atomic E-state index is 13.7. The molecule has 58 heavy (non-hydrogen) atoms. The van der Waals surface area contributed by atoms with Crippen LogP contribution >= 0.6 is 0 Å². The van der Waals surface area contributed by atoms with E-state index in [1.165, 1.54) is 14.2 Å². The fourth-order valence-corrected chi connectivity index (χ4v) is 7.84. The molecule has 5 N–H and O–H groups in total. The number of ether oxygens (including phenoxy) is 2. The van der Waals surface area contributed by atoms with Gasteiger partial charge in [-0.2, -0.15) is 0 Å². The SMILES string of the molecule is COC(=O)N[C@H](C(=O)N1CCC[C@H]1c1ncc(-c2ccc(-c3ccc(-c4cnc([C@@H]5CCCN5C(=O)[C@H](Cc5cncn5C)NC(=O)O)[nH]4)cc3)cc2)[nH]1)[C@@H](C)OC. The topological polar surface area (TPSA) is 213 Å². The van der Waals surface area contributed by atoms with E-state index in [0.29, 0.717) is 31.2 Å². The molecule has 0 saturated carbocycles. The van der Waals surface area contributed by atoms with Gasteiger partial charge in [0.25, 0.3) is 0 Å². The predicted octanol–water partition coefficient (Wildman–Crippen LogP) is 4.83. The number of amides is 4. The van der Waals surface area contributed by atoms with Crippen molar-refractivity contribution in [1.82, 2.24) is 49.9 Å². The molecule has 2 saturated heterocycles. The zero-order valence-corrected chi connectivity index (χ0v) is 32.8. The minimum absolute atomic E-state index is 0.186. The standard InChI is InChI=1S/C41H48N10O7/c1-24(57-3)35(48-41(56)58-4)39(53)51-18-6-8-34(51)37-44-22-32(46-37)28-15-11-26(12-16-28)25-9-13-27(14-10-25)31-21-43-36(45-31)33-7-5-17-50(33)38(52)30(47-40(54)55)19-29-20-42-23-49(29)2/h9-16,20-24,30,33-35,47H,5-8,17-19H2,1-4H3,(H,43,45)(H,44,46)(H,48,56)(H,54,55)/t24-,30+,33+,34+,35+/m1/s1. The molecule has 3 aromatic heterocycles. The van der Waals surface area contributed by atoms with Gasteiger partial charge in [0.1, 0.15) is 23.7 Å². The molecule has 304 valence electrons. The molecule has 0 unspecified atom stereocenters. The minimum Gasteiger partial charge on any atom is -0.465 e. The second-order valence-corrected chi connectivity index (χ2v) is 14.7. The third-order valence-electron chi connectivity index (χ3n) is 11.1. The highest BCUT2D eigenvalue weighted by atomic mass is 16.5. The second kappa shape index (κ2) is 17.3. The number of alkyl carbamates (subject to hydrolysis) is 1. The number of aromatic amines is 2. The lowest BCUT2D eigenvalue weighted by Gasteiger charge is -2.30. The highest BCUT2D eigenvalue weighted by Gasteiger charge is 2.39. The lowest BCUT2D eigenvalue weighted by atomic mass is 10.0. The number of likely N-dealkylation sites (tertiary alicyclic amines) is 2. The lowest BCUT2D eigenvalue weighted by molar-refractivity contribution is -0.137. The van der Waals surface area contributed by atoms with E-state index in [-0.39, 0.29) is 30.3 Å². The number of carboxylic acid groups (broad SMARTS) is 1. The molecule has 2 aliphatic heterocycles. The Bertz CT molecular complexity index is 2230. The number of aryl methyl sites for hydroxylation is 1. The fraction of sp³-hybridized carbons (Fsp3) is 0.390. The van der Waals surface area contributed by atoms with Gasteiger partial charge in [0, 0.05) is 45.6 Å². The van der Waals surface area contributed by atoms with Crippen LogP contribution in [0.1, 0.15) is 62.0 Å². The van der Waals surface area contributed by atoms with Crippen LogP contribution in [0.2, 0.25) is 0 Å². The molecule has 0 aliphatic carbocycles. The van der Waals surface area contributed by atoms with Gasteiger partial charge in [0.05, 0.1) is 55.4 Å². The van der Waals surface area contributed by atoms with Crippen molar-refractivity contribution in [3.63, 3.8) is 0 Å². The number of nitrogens with one attached hydrogen (secondary N) is 4. The molecule has 17 heteroatoms. The fourth-order valence-electron chi connectivity index (χ4n) is 7.84. The summed E-state index contributed by atoms with van der Waals surface area (Å²) < 4.78 is 11.9. The van der Waals surface area contributed by atoms with E-state index in [4.69, 9.17) is 9.47 Å². The average Bonchev–Trinajstić information content (AvgIpc) is 4.09. The Hall–Kier alpha value is -6.49. The van der Waals surface area contributed by atoms with Gasteiger partial charge in [-0.1, -0.05) is 48.5 Å². The van der Waals surface area contributed by atoms with Crippen LogP contribution in [0, 0.1) is 0 Å². The van der Waals surface area contributed by atoms with Gasteiger partial charge >= 0.3 is 12.2 Å². The van der Waals surface area contributed by atoms with Gasteiger partial charge in [-0.15, -0.1) is 0 Å². The van der Waals surface area contributed by atoms with Crippen LogP contribution in [0.4, 0.5) is 9.59 Å². The van der Waals surface area contributed by atoms with Gasteiger partial charge in [-0.05, 0) is 54.9 Å². The first-order valence-electron chi connectivity index (χ1n) is 19.3. The number of carbonyl (C=O) groups excluding carboxylic acids is 3. The number of aromatic nitrogens is 6. The van der Waals surface area contributed by atoms with Crippen molar-refractivity contribution in [1.29, 1.82) is 0 Å². The van der Waals surface area contributed by atoms with Crippen LogP contribution in [-0.4, -0.2) is 114 Å².